The summed E-state index contributed by atoms with van der Waals surface area (Å²) in [5.41, 5.74) is 1.90. The Morgan fingerprint density at radius 2 is 1.83 bits per heavy atom. The van der Waals surface area contributed by atoms with Crippen molar-refractivity contribution in [1.82, 2.24) is 9.55 Å². The fourth-order valence-electron chi connectivity index (χ4n) is 3.51. The van der Waals surface area contributed by atoms with E-state index in [9.17, 15) is 14.4 Å². The second-order valence-corrected chi connectivity index (χ2v) is 6.84. The molecule has 2 heterocycles. The fourth-order valence-corrected chi connectivity index (χ4v) is 3.51. The number of aromatic amines is 1. The number of nitrogens with one attached hydrogen (secondary N) is 2. The Morgan fingerprint density at radius 3 is 2.52 bits per heavy atom. The Balaban J connectivity index is 1.55. The predicted octanol–water partition coefficient (Wildman–Crippen LogP) is 1.80. The first-order chi connectivity index (χ1) is 14.1. The number of carbonyl (C=O) groups is 1. The number of carbonyl (C=O) groups excluding carboxylic acids is 1. The van der Waals surface area contributed by atoms with Crippen LogP contribution in [0.2, 0.25) is 0 Å². The van der Waals surface area contributed by atoms with E-state index < -0.39 is 11.1 Å². The normalized spacial score (nSPS) is 14.2. The smallest absolute Gasteiger partial charge is 0.316 e. The summed E-state index contributed by atoms with van der Waals surface area (Å²) >= 11 is 0. The molecule has 0 unspecified atom stereocenters. The van der Waals surface area contributed by atoms with E-state index in [-0.39, 0.29) is 5.91 Å². The van der Waals surface area contributed by atoms with Gasteiger partial charge >= 0.3 is 11.1 Å². The molecule has 0 saturated carbocycles. The molecule has 8 nitrogen and oxygen atoms in total. The summed E-state index contributed by atoms with van der Waals surface area (Å²) in [7, 11) is 0. The van der Waals surface area contributed by atoms with Crippen LogP contribution in [0.15, 0.2) is 52.1 Å². The van der Waals surface area contributed by atoms with E-state index in [1.165, 1.54) is 4.57 Å². The summed E-state index contributed by atoms with van der Waals surface area (Å²) in [6, 6.07) is 12.6. The Labute approximate surface area is 166 Å². The third-order valence-corrected chi connectivity index (χ3v) is 5.05. The van der Waals surface area contributed by atoms with Crippen molar-refractivity contribution in [2.24, 2.45) is 0 Å². The summed E-state index contributed by atoms with van der Waals surface area (Å²) in [5.74, 6) is -0.291. The molecule has 1 aliphatic heterocycles. The SMILES string of the molecule is CCn1c(=O)c(=O)[nH]c2cc(C(=O)Nc3ccc(N4CCOCC4)cc3)ccc21. The molecule has 8 heteroatoms. The number of rotatable bonds is 4. The van der Waals surface area contributed by atoms with E-state index in [4.69, 9.17) is 4.74 Å². The predicted molar refractivity (Wildman–Crippen MR) is 112 cm³/mol. The number of anilines is 2. The minimum absolute atomic E-state index is 0.291. The molecule has 0 bridgehead atoms. The first kappa shape index (κ1) is 18.9. The van der Waals surface area contributed by atoms with Gasteiger partial charge in [-0.25, -0.2) is 0 Å². The van der Waals surface area contributed by atoms with Gasteiger partial charge in [0.15, 0.2) is 0 Å². The van der Waals surface area contributed by atoms with Crippen LogP contribution in [-0.4, -0.2) is 41.8 Å². The van der Waals surface area contributed by atoms with Crippen molar-refractivity contribution in [3.8, 4) is 0 Å². The van der Waals surface area contributed by atoms with Crippen LogP contribution in [0.4, 0.5) is 11.4 Å². The summed E-state index contributed by atoms with van der Waals surface area (Å²) in [5, 5.41) is 2.86. The standard InChI is InChI=1S/C21H22N4O4/c1-2-25-18-8-3-14(13-17(18)23-20(27)21(25)28)19(26)22-15-4-6-16(7-5-15)24-9-11-29-12-10-24/h3-8,13H,2,9-12H2,1H3,(H,22,26)(H,23,27). The van der Waals surface area contributed by atoms with E-state index in [0.29, 0.717) is 42.0 Å². The zero-order valence-corrected chi connectivity index (χ0v) is 16.1. The van der Waals surface area contributed by atoms with Crippen molar-refractivity contribution >= 4 is 28.3 Å². The fraction of sp³-hybridized carbons (Fsp3) is 0.286. The lowest BCUT2D eigenvalue weighted by Gasteiger charge is -2.28. The number of amides is 1. The van der Waals surface area contributed by atoms with Gasteiger partial charge in [-0.3, -0.25) is 14.4 Å². The Bertz CT molecular complexity index is 1160. The highest BCUT2D eigenvalue weighted by atomic mass is 16.5. The van der Waals surface area contributed by atoms with Gasteiger partial charge in [0, 0.05) is 36.6 Å². The number of H-pyrrole nitrogens is 1. The third kappa shape index (κ3) is 3.79. The number of ether oxygens (including phenoxy) is 1. The van der Waals surface area contributed by atoms with Crippen LogP contribution in [0, 0.1) is 0 Å². The number of fused-ring (bicyclic) bond motifs is 1. The largest absolute Gasteiger partial charge is 0.378 e. The molecule has 1 aromatic heterocycles. The summed E-state index contributed by atoms with van der Waals surface area (Å²) < 4.78 is 6.75. The van der Waals surface area contributed by atoms with Gasteiger partial charge in [0.1, 0.15) is 0 Å². The molecule has 29 heavy (non-hydrogen) atoms. The average Bonchev–Trinajstić information content (AvgIpc) is 2.75. The lowest BCUT2D eigenvalue weighted by atomic mass is 10.1. The van der Waals surface area contributed by atoms with Gasteiger partial charge in [-0.15, -0.1) is 0 Å². The quantitative estimate of drug-likeness (QED) is 0.658. The molecule has 1 saturated heterocycles. The number of aromatic nitrogens is 2. The molecule has 3 aromatic rings. The van der Waals surface area contributed by atoms with E-state index in [1.54, 1.807) is 25.1 Å². The number of benzene rings is 2. The van der Waals surface area contributed by atoms with Crippen molar-refractivity contribution < 1.29 is 9.53 Å². The lowest BCUT2D eigenvalue weighted by molar-refractivity contribution is 0.102. The van der Waals surface area contributed by atoms with Crippen LogP contribution >= 0.6 is 0 Å². The van der Waals surface area contributed by atoms with Gasteiger partial charge in [-0.05, 0) is 49.4 Å². The molecule has 150 valence electrons. The van der Waals surface area contributed by atoms with Crippen LogP contribution in [0.25, 0.3) is 11.0 Å². The molecule has 2 aromatic carbocycles. The maximum atomic E-state index is 12.7. The Kier molecular flexibility index (Phi) is 5.18. The Morgan fingerprint density at radius 1 is 1.10 bits per heavy atom. The Hall–Kier alpha value is -3.39. The molecular weight excluding hydrogens is 372 g/mol. The zero-order chi connectivity index (χ0) is 20.4. The first-order valence-electron chi connectivity index (χ1n) is 9.58. The van der Waals surface area contributed by atoms with Gasteiger partial charge in [-0.1, -0.05) is 0 Å². The summed E-state index contributed by atoms with van der Waals surface area (Å²) in [6.45, 7) is 5.30. The van der Waals surface area contributed by atoms with Crippen LogP contribution < -0.4 is 21.3 Å². The van der Waals surface area contributed by atoms with Crippen molar-refractivity contribution in [2.45, 2.75) is 13.5 Å². The van der Waals surface area contributed by atoms with E-state index >= 15 is 0 Å². The van der Waals surface area contributed by atoms with Crippen molar-refractivity contribution in [3.05, 3.63) is 68.7 Å². The second-order valence-electron chi connectivity index (χ2n) is 6.84. The number of morpholine rings is 1. The number of nitrogens with zero attached hydrogens (tertiary/aromatic N) is 2. The van der Waals surface area contributed by atoms with Gasteiger partial charge in [0.25, 0.3) is 5.91 Å². The molecule has 0 spiro atoms. The van der Waals surface area contributed by atoms with Crippen LogP contribution in [0.5, 0.6) is 0 Å². The first-order valence-corrected chi connectivity index (χ1v) is 9.58. The van der Waals surface area contributed by atoms with Crippen LogP contribution in [0.3, 0.4) is 0 Å². The number of hydrogen-bond acceptors (Lipinski definition) is 5. The van der Waals surface area contributed by atoms with Crippen molar-refractivity contribution in [3.63, 3.8) is 0 Å². The molecule has 1 amide bonds. The topological polar surface area (TPSA) is 96.4 Å². The van der Waals surface area contributed by atoms with E-state index in [2.05, 4.69) is 15.2 Å². The second kappa shape index (κ2) is 7.92. The van der Waals surface area contributed by atoms with Gasteiger partial charge < -0.3 is 24.5 Å². The minimum atomic E-state index is -0.699. The monoisotopic (exact) mass is 394 g/mol. The number of aryl methyl sites for hydroxylation is 1. The molecule has 1 fully saturated rings. The zero-order valence-electron chi connectivity index (χ0n) is 16.1. The maximum Gasteiger partial charge on any atom is 0.316 e. The van der Waals surface area contributed by atoms with Gasteiger partial charge in [0.2, 0.25) is 0 Å². The minimum Gasteiger partial charge on any atom is -0.378 e. The molecule has 4 rings (SSSR count). The van der Waals surface area contributed by atoms with Gasteiger partial charge in [-0.2, -0.15) is 0 Å². The van der Waals surface area contributed by atoms with Crippen molar-refractivity contribution in [1.29, 1.82) is 0 Å². The van der Waals surface area contributed by atoms with Crippen LogP contribution in [-0.2, 0) is 11.3 Å². The highest BCUT2D eigenvalue weighted by molar-refractivity contribution is 6.05. The third-order valence-electron chi connectivity index (χ3n) is 5.05. The highest BCUT2D eigenvalue weighted by Crippen LogP contribution is 2.20. The average molecular weight is 394 g/mol. The molecule has 0 radical (unpaired) electrons. The van der Waals surface area contributed by atoms with E-state index in [1.807, 2.05) is 24.3 Å². The van der Waals surface area contributed by atoms with Crippen molar-refractivity contribution in [2.75, 3.05) is 36.5 Å². The maximum absolute atomic E-state index is 12.7. The summed E-state index contributed by atoms with van der Waals surface area (Å²) in [4.78, 5) is 41.2. The molecule has 0 aliphatic carbocycles. The molecule has 1 aliphatic rings. The van der Waals surface area contributed by atoms with Crippen LogP contribution in [0.1, 0.15) is 17.3 Å². The highest BCUT2D eigenvalue weighted by Gasteiger charge is 2.13. The molecule has 0 atom stereocenters. The molecule has 2 N–H and O–H groups in total. The lowest BCUT2D eigenvalue weighted by Crippen LogP contribution is -2.36. The van der Waals surface area contributed by atoms with E-state index in [0.717, 1.165) is 18.8 Å². The molecular formula is C21H22N4O4. The van der Waals surface area contributed by atoms with Gasteiger partial charge in [0.05, 0.1) is 24.2 Å². The summed E-state index contributed by atoms with van der Waals surface area (Å²) in [6.07, 6.45) is 0. The number of hydrogen-bond donors (Lipinski definition) is 2.